The SMILES string of the molecule is C/C=C\COC(C)(CC)c1cc(C(=O)c2ccccc2)ccc1O/C(N)=C/CO. The van der Waals surface area contributed by atoms with Crippen LogP contribution in [0.1, 0.15) is 48.7 Å². The lowest BCUT2D eigenvalue weighted by atomic mass is 9.89. The van der Waals surface area contributed by atoms with Crippen LogP contribution in [0.3, 0.4) is 0 Å². The molecule has 1 unspecified atom stereocenters. The van der Waals surface area contributed by atoms with Crippen molar-refractivity contribution in [3.05, 3.63) is 89.3 Å². The third-order valence-electron chi connectivity index (χ3n) is 4.78. The van der Waals surface area contributed by atoms with Crippen LogP contribution >= 0.6 is 0 Å². The number of benzene rings is 2. The lowest BCUT2D eigenvalue weighted by Gasteiger charge is -2.31. The zero-order valence-corrected chi connectivity index (χ0v) is 17.2. The second-order valence-electron chi connectivity index (χ2n) is 6.76. The summed E-state index contributed by atoms with van der Waals surface area (Å²) in [5.74, 6) is 0.494. The monoisotopic (exact) mass is 395 g/mol. The van der Waals surface area contributed by atoms with Gasteiger partial charge >= 0.3 is 0 Å². The lowest BCUT2D eigenvalue weighted by Crippen LogP contribution is -2.27. The largest absolute Gasteiger partial charge is 0.441 e. The van der Waals surface area contributed by atoms with Crippen molar-refractivity contribution in [3.8, 4) is 5.75 Å². The van der Waals surface area contributed by atoms with Crippen LogP contribution in [0.2, 0.25) is 0 Å². The standard InChI is InChI=1S/C24H29NO4/c1-4-6-16-28-24(3,5-2)20-17-19(23(27)18-10-8-7-9-11-18)12-13-21(20)29-22(25)14-15-26/h4,6-14,17,26H,5,15-16,25H2,1-3H3/b6-4-,22-14+. The summed E-state index contributed by atoms with van der Waals surface area (Å²) in [4.78, 5) is 12.9. The topological polar surface area (TPSA) is 81.8 Å². The fraction of sp³-hybridized carbons (Fsp3) is 0.292. The second kappa shape index (κ2) is 10.6. The van der Waals surface area contributed by atoms with Gasteiger partial charge in [-0.3, -0.25) is 4.79 Å². The third kappa shape index (κ3) is 5.79. The highest BCUT2D eigenvalue weighted by molar-refractivity contribution is 6.09. The van der Waals surface area contributed by atoms with Crippen molar-refractivity contribution >= 4 is 5.78 Å². The van der Waals surface area contributed by atoms with Gasteiger partial charge in [0.05, 0.1) is 18.8 Å². The fourth-order valence-electron chi connectivity index (χ4n) is 2.89. The molecule has 0 bridgehead atoms. The molecule has 0 aliphatic heterocycles. The minimum absolute atomic E-state index is 0.0795. The molecule has 2 rings (SSSR count). The average molecular weight is 395 g/mol. The van der Waals surface area contributed by atoms with Gasteiger partial charge in [0.25, 0.3) is 0 Å². The van der Waals surface area contributed by atoms with E-state index >= 15 is 0 Å². The molecule has 0 amide bonds. The number of allylic oxidation sites excluding steroid dienone is 1. The quantitative estimate of drug-likeness (QED) is 0.356. The third-order valence-corrected chi connectivity index (χ3v) is 4.78. The van der Waals surface area contributed by atoms with Crippen molar-refractivity contribution in [1.29, 1.82) is 0 Å². The molecule has 0 fully saturated rings. The number of ether oxygens (including phenoxy) is 2. The van der Waals surface area contributed by atoms with E-state index in [9.17, 15) is 4.79 Å². The van der Waals surface area contributed by atoms with Crippen molar-refractivity contribution in [3.63, 3.8) is 0 Å². The molecule has 0 saturated heterocycles. The van der Waals surface area contributed by atoms with Crippen molar-refractivity contribution < 1.29 is 19.4 Å². The first-order valence-electron chi connectivity index (χ1n) is 9.69. The number of rotatable bonds is 10. The average Bonchev–Trinajstić information content (AvgIpc) is 2.74. The molecule has 0 aliphatic rings. The molecule has 154 valence electrons. The fourth-order valence-corrected chi connectivity index (χ4v) is 2.89. The number of hydrogen-bond acceptors (Lipinski definition) is 5. The number of carbonyl (C=O) groups is 1. The van der Waals surface area contributed by atoms with Crippen LogP contribution in [-0.4, -0.2) is 24.1 Å². The number of carbonyl (C=O) groups excluding carboxylic acids is 1. The second-order valence-corrected chi connectivity index (χ2v) is 6.76. The van der Waals surface area contributed by atoms with Crippen LogP contribution in [0, 0.1) is 0 Å². The first-order valence-corrected chi connectivity index (χ1v) is 9.69. The smallest absolute Gasteiger partial charge is 0.193 e. The maximum atomic E-state index is 12.9. The number of ketones is 1. The van der Waals surface area contributed by atoms with Crippen LogP contribution in [0.25, 0.3) is 0 Å². The van der Waals surface area contributed by atoms with Crippen molar-refractivity contribution in [2.45, 2.75) is 32.8 Å². The van der Waals surface area contributed by atoms with Gasteiger partial charge in [-0.05, 0) is 38.5 Å². The molecule has 3 N–H and O–H groups in total. The van der Waals surface area contributed by atoms with E-state index in [4.69, 9.17) is 20.3 Å². The predicted molar refractivity (Wildman–Crippen MR) is 115 cm³/mol. The van der Waals surface area contributed by atoms with Gasteiger partial charge in [0.15, 0.2) is 11.7 Å². The number of nitrogens with two attached hydrogens (primary N) is 1. The molecule has 0 aliphatic carbocycles. The molecular weight excluding hydrogens is 366 g/mol. The molecule has 0 spiro atoms. The first-order chi connectivity index (χ1) is 13.9. The number of hydrogen-bond donors (Lipinski definition) is 2. The number of aliphatic hydroxyl groups is 1. The Morgan fingerprint density at radius 1 is 1.17 bits per heavy atom. The highest BCUT2D eigenvalue weighted by Crippen LogP contribution is 2.37. The maximum Gasteiger partial charge on any atom is 0.193 e. The lowest BCUT2D eigenvalue weighted by molar-refractivity contribution is -0.0252. The van der Waals surface area contributed by atoms with E-state index in [2.05, 4.69) is 0 Å². The molecule has 0 saturated carbocycles. The van der Waals surface area contributed by atoms with E-state index in [1.54, 1.807) is 30.3 Å². The van der Waals surface area contributed by atoms with Crippen LogP contribution in [0.15, 0.2) is 72.6 Å². The minimum atomic E-state index is -0.693. The molecule has 0 radical (unpaired) electrons. The minimum Gasteiger partial charge on any atom is -0.441 e. The van der Waals surface area contributed by atoms with E-state index in [0.29, 0.717) is 29.9 Å². The van der Waals surface area contributed by atoms with Gasteiger partial charge in [0.2, 0.25) is 0 Å². The Kier molecular flexibility index (Phi) is 8.19. The van der Waals surface area contributed by atoms with Crippen molar-refractivity contribution in [1.82, 2.24) is 0 Å². The van der Waals surface area contributed by atoms with Gasteiger partial charge in [0.1, 0.15) is 5.75 Å². The summed E-state index contributed by atoms with van der Waals surface area (Å²) in [5.41, 5.74) is 7.02. The van der Waals surface area contributed by atoms with Gasteiger partial charge in [-0.2, -0.15) is 0 Å². The summed E-state index contributed by atoms with van der Waals surface area (Å²) < 4.78 is 11.9. The van der Waals surface area contributed by atoms with Crippen LogP contribution < -0.4 is 10.5 Å². The number of aliphatic hydroxyl groups excluding tert-OH is 1. The Morgan fingerprint density at radius 2 is 1.90 bits per heavy atom. The molecule has 0 aromatic heterocycles. The summed E-state index contributed by atoms with van der Waals surface area (Å²) >= 11 is 0. The summed E-state index contributed by atoms with van der Waals surface area (Å²) in [6.45, 7) is 6.11. The zero-order chi connectivity index (χ0) is 21.3. The van der Waals surface area contributed by atoms with Gasteiger partial charge in [-0.15, -0.1) is 0 Å². The van der Waals surface area contributed by atoms with Gasteiger partial charge in [0, 0.05) is 22.8 Å². The molecule has 2 aromatic carbocycles. The van der Waals surface area contributed by atoms with E-state index in [1.165, 1.54) is 6.08 Å². The van der Waals surface area contributed by atoms with Gasteiger partial charge in [-0.1, -0.05) is 49.4 Å². The summed E-state index contributed by atoms with van der Waals surface area (Å²) in [6, 6.07) is 14.4. The molecule has 29 heavy (non-hydrogen) atoms. The van der Waals surface area contributed by atoms with Crippen LogP contribution in [0.4, 0.5) is 0 Å². The summed E-state index contributed by atoms with van der Waals surface area (Å²) in [7, 11) is 0. The maximum absolute atomic E-state index is 12.9. The molecule has 2 aromatic rings. The predicted octanol–water partition coefficient (Wildman–Crippen LogP) is 4.31. The Labute approximate surface area is 172 Å². The highest BCUT2D eigenvalue weighted by Gasteiger charge is 2.30. The van der Waals surface area contributed by atoms with Gasteiger partial charge < -0.3 is 20.3 Å². The summed E-state index contributed by atoms with van der Waals surface area (Å²) in [6.07, 6.45) is 5.88. The van der Waals surface area contributed by atoms with Gasteiger partial charge in [-0.25, -0.2) is 0 Å². The highest BCUT2D eigenvalue weighted by atomic mass is 16.5. The van der Waals surface area contributed by atoms with Crippen molar-refractivity contribution in [2.24, 2.45) is 5.73 Å². The molecule has 1 atom stereocenters. The Bertz CT molecular complexity index is 874. The molecule has 0 heterocycles. The Balaban J connectivity index is 2.52. The molecule has 5 heteroatoms. The van der Waals surface area contributed by atoms with E-state index in [1.807, 2.05) is 51.1 Å². The van der Waals surface area contributed by atoms with E-state index < -0.39 is 5.60 Å². The first kappa shape index (κ1) is 22.4. The summed E-state index contributed by atoms with van der Waals surface area (Å²) in [5, 5.41) is 9.06. The van der Waals surface area contributed by atoms with Crippen LogP contribution in [-0.2, 0) is 10.3 Å². The normalized spacial score (nSPS) is 14.0. The van der Waals surface area contributed by atoms with E-state index in [0.717, 1.165) is 5.56 Å². The van der Waals surface area contributed by atoms with E-state index in [-0.39, 0.29) is 18.3 Å². The van der Waals surface area contributed by atoms with Crippen LogP contribution in [0.5, 0.6) is 5.75 Å². The molecule has 5 nitrogen and oxygen atoms in total. The van der Waals surface area contributed by atoms with Crippen molar-refractivity contribution in [2.75, 3.05) is 13.2 Å². The Hall–Kier alpha value is -2.89. The molecular formula is C24H29NO4. The zero-order valence-electron chi connectivity index (χ0n) is 17.2. The Morgan fingerprint density at radius 3 is 2.52 bits per heavy atom.